The molecule has 0 aliphatic heterocycles. The molecule has 3 atom stereocenters. The minimum Gasteiger partial charge on any atom is -0.394 e. The first-order valence-corrected chi connectivity index (χ1v) is 4.72. The van der Waals surface area contributed by atoms with Crippen molar-refractivity contribution in [1.82, 2.24) is 0 Å². The average Bonchev–Trinajstić information content (AvgIpc) is 2.22. The highest BCUT2D eigenvalue weighted by Gasteiger charge is 2.28. The highest BCUT2D eigenvalue weighted by molar-refractivity contribution is 5.83. The van der Waals surface area contributed by atoms with Crippen molar-refractivity contribution in [2.45, 2.75) is 44.5 Å². The van der Waals surface area contributed by atoms with Gasteiger partial charge in [-0.15, -0.1) is 0 Å². The number of unbranched alkanes of at least 4 members (excludes halogenated alkanes) is 1. The van der Waals surface area contributed by atoms with Crippen LogP contribution in [0.5, 0.6) is 0 Å². The predicted octanol–water partition coefficient (Wildman–Crippen LogP) is -1.18. The summed E-state index contributed by atoms with van der Waals surface area (Å²) in [5.74, 6) is -0.508. The number of aliphatic hydroxyl groups is 4. The fraction of sp³-hybridized carbons (Fsp3) is 0.889. The fourth-order valence-electron chi connectivity index (χ4n) is 1.01. The molecule has 0 aromatic rings. The van der Waals surface area contributed by atoms with E-state index in [1.165, 1.54) is 0 Å². The Balaban J connectivity index is 4.03. The SMILES string of the molecule is CCCCC(=O)[C@H](O)[C@H](O)[C@H](O)CO. The second-order valence-corrected chi connectivity index (χ2v) is 3.26. The summed E-state index contributed by atoms with van der Waals surface area (Å²) in [6.07, 6.45) is -3.06. The summed E-state index contributed by atoms with van der Waals surface area (Å²) in [5, 5.41) is 35.9. The molecule has 0 spiro atoms. The molecular weight excluding hydrogens is 188 g/mol. The van der Waals surface area contributed by atoms with Crippen LogP contribution in [0.1, 0.15) is 26.2 Å². The van der Waals surface area contributed by atoms with Gasteiger partial charge in [-0.05, 0) is 6.42 Å². The summed E-state index contributed by atoms with van der Waals surface area (Å²) in [6.45, 7) is 1.22. The number of hydrogen-bond acceptors (Lipinski definition) is 5. The molecule has 0 amide bonds. The smallest absolute Gasteiger partial charge is 0.164 e. The van der Waals surface area contributed by atoms with Gasteiger partial charge < -0.3 is 20.4 Å². The van der Waals surface area contributed by atoms with Crippen LogP contribution in [0.2, 0.25) is 0 Å². The van der Waals surface area contributed by atoms with Gasteiger partial charge in [0.25, 0.3) is 0 Å². The molecule has 5 nitrogen and oxygen atoms in total. The number of carbonyl (C=O) groups excluding carboxylic acids is 1. The van der Waals surface area contributed by atoms with Crippen LogP contribution >= 0.6 is 0 Å². The summed E-state index contributed by atoms with van der Waals surface area (Å²) in [6, 6.07) is 0. The van der Waals surface area contributed by atoms with Gasteiger partial charge in [0.05, 0.1) is 6.61 Å². The summed E-state index contributed by atoms with van der Waals surface area (Å²) >= 11 is 0. The lowest BCUT2D eigenvalue weighted by atomic mass is 10.0. The molecule has 0 bridgehead atoms. The van der Waals surface area contributed by atoms with Crippen molar-refractivity contribution >= 4 is 5.78 Å². The van der Waals surface area contributed by atoms with E-state index < -0.39 is 30.7 Å². The van der Waals surface area contributed by atoms with Crippen LogP contribution in [-0.4, -0.2) is 51.1 Å². The molecule has 0 aliphatic rings. The molecule has 0 heterocycles. The molecule has 0 rings (SSSR count). The molecule has 0 saturated heterocycles. The highest BCUT2D eigenvalue weighted by Crippen LogP contribution is 2.06. The maximum atomic E-state index is 11.2. The lowest BCUT2D eigenvalue weighted by Gasteiger charge is -2.20. The van der Waals surface area contributed by atoms with E-state index in [9.17, 15) is 15.0 Å². The normalized spacial score (nSPS) is 17.5. The van der Waals surface area contributed by atoms with Crippen LogP contribution in [0.3, 0.4) is 0 Å². The van der Waals surface area contributed by atoms with Crippen molar-refractivity contribution in [2.24, 2.45) is 0 Å². The largest absolute Gasteiger partial charge is 0.394 e. The van der Waals surface area contributed by atoms with Gasteiger partial charge in [-0.2, -0.15) is 0 Å². The first kappa shape index (κ1) is 13.5. The Kier molecular flexibility index (Phi) is 6.65. The molecule has 0 aromatic heterocycles. The molecular formula is C9H18O5. The number of rotatable bonds is 7. The topological polar surface area (TPSA) is 98.0 Å². The maximum Gasteiger partial charge on any atom is 0.164 e. The maximum absolute atomic E-state index is 11.2. The van der Waals surface area contributed by atoms with Gasteiger partial charge in [-0.1, -0.05) is 13.3 Å². The zero-order valence-corrected chi connectivity index (χ0v) is 8.26. The first-order chi connectivity index (χ1) is 6.54. The molecule has 0 radical (unpaired) electrons. The second kappa shape index (κ2) is 6.89. The molecule has 4 N–H and O–H groups in total. The number of carbonyl (C=O) groups is 1. The summed E-state index contributed by atoms with van der Waals surface area (Å²) in [5.41, 5.74) is 0. The van der Waals surface area contributed by atoms with Gasteiger partial charge in [0.15, 0.2) is 5.78 Å². The third-order valence-corrected chi connectivity index (χ3v) is 2.01. The minimum atomic E-state index is -1.61. The second-order valence-electron chi connectivity index (χ2n) is 3.26. The summed E-state index contributed by atoms with van der Waals surface area (Å²) in [7, 11) is 0. The third kappa shape index (κ3) is 4.15. The van der Waals surface area contributed by atoms with Gasteiger partial charge >= 0.3 is 0 Å². The van der Waals surface area contributed by atoms with Crippen molar-refractivity contribution in [3.8, 4) is 0 Å². The van der Waals surface area contributed by atoms with Crippen molar-refractivity contribution in [3.05, 3.63) is 0 Å². The van der Waals surface area contributed by atoms with Crippen LogP contribution in [0.15, 0.2) is 0 Å². The Morgan fingerprint density at radius 1 is 1.29 bits per heavy atom. The van der Waals surface area contributed by atoms with Crippen LogP contribution in [-0.2, 0) is 4.79 Å². The lowest BCUT2D eigenvalue weighted by molar-refractivity contribution is -0.140. The fourth-order valence-corrected chi connectivity index (χ4v) is 1.01. The van der Waals surface area contributed by atoms with E-state index in [2.05, 4.69) is 0 Å². The van der Waals surface area contributed by atoms with Crippen molar-refractivity contribution in [2.75, 3.05) is 6.61 Å². The number of aliphatic hydroxyl groups excluding tert-OH is 4. The van der Waals surface area contributed by atoms with Gasteiger partial charge in [-0.3, -0.25) is 4.79 Å². The van der Waals surface area contributed by atoms with E-state index >= 15 is 0 Å². The van der Waals surface area contributed by atoms with Crippen LogP contribution in [0.25, 0.3) is 0 Å². The highest BCUT2D eigenvalue weighted by atomic mass is 16.4. The van der Waals surface area contributed by atoms with E-state index in [0.717, 1.165) is 6.42 Å². The van der Waals surface area contributed by atoms with Crippen molar-refractivity contribution < 1.29 is 25.2 Å². The molecule has 0 aliphatic carbocycles. The Labute approximate surface area is 83.0 Å². The number of ketones is 1. The molecule has 0 unspecified atom stereocenters. The Morgan fingerprint density at radius 2 is 1.86 bits per heavy atom. The predicted molar refractivity (Wildman–Crippen MR) is 49.6 cm³/mol. The Hall–Kier alpha value is -0.490. The molecule has 0 fully saturated rings. The van der Waals surface area contributed by atoms with E-state index in [0.29, 0.717) is 6.42 Å². The van der Waals surface area contributed by atoms with Crippen molar-refractivity contribution in [1.29, 1.82) is 0 Å². The van der Waals surface area contributed by atoms with E-state index in [1.54, 1.807) is 0 Å². The van der Waals surface area contributed by atoms with Gasteiger partial charge in [0.1, 0.15) is 18.3 Å². The lowest BCUT2D eigenvalue weighted by Crippen LogP contribution is -2.43. The average molecular weight is 206 g/mol. The molecule has 14 heavy (non-hydrogen) atoms. The van der Waals surface area contributed by atoms with E-state index in [-0.39, 0.29) is 6.42 Å². The molecule has 0 saturated carbocycles. The monoisotopic (exact) mass is 206 g/mol. The minimum absolute atomic E-state index is 0.173. The van der Waals surface area contributed by atoms with Gasteiger partial charge in [0.2, 0.25) is 0 Å². The summed E-state index contributed by atoms with van der Waals surface area (Å²) in [4.78, 5) is 11.2. The van der Waals surface area contributed by atoms with Crippen LogP contribution in [0, 0.1) is 0 Å². The standard InChI is InChI=1S/C9H18O5/c1-2-3-4-6(11)8(13)9(14)7(12)5-10/h7-10,12-14H,2-5H2,1H3/t7-,8+,9-/m1/s1. The zero-order valence-electron chi connectivity index (χ0n) is 8.26. The molecule has 0 aromatic carbocycles. The van der Waals surface area contributed by atoms with Crippen molar-refractivity contribution in [3.63, 3.8) is 0 Å². The van der Waals surface area contributed by atoms with E-state index in [4.69, 9.17) is 10.2 Å². The van der Waals surface area contributed by atoms with Crippen LogP contribution in [0.4, 0.5) is 0 Å². The zero-order chi connectivity index (χ0) is 11.1. The third-order valence-electron chi connectivity index (χ3n) is 2.01. The molecule has 5 heteroatoms. The number of Topliss-reactive ketones (excluding diaryl/α,β-unsaturated/α-hetero) is 1. The first-order valence-electron chi connectivity index (χ1n) is 4.72. The quantitative estimate of drug-likeness (QED) is 0.420. The Morgan fingerprint density at radius 3 is 2.29 bits per heavy atom. The molecule has 84 valence electrons. The van der Waals surface area contributed by atoms with E-state index in [1.807, 2.05) is 6.92 Å². The van der Waals surface area contributed by atoms with Gasteiger partial charge in [0, 0.05) is 6.42 Å². The van der Waals surface area contributed by atoms with Gasteiger partial charge in [-0.25, -0.2) is 0 Å². The summed E-state index contributed by atoms with van der Waals surface area (Å²) < 4.78 is 0. The van der Waals surface area contributed by atoms with Crippen LogP contribution < -0.4 is 0 Å². The Bertz CT molecular complexity index is 171. The number of hydrogen-bond donors (Lipinski definition) is 4.